The highest BCUT2D eigenvalue weighted by atomic mass is 19.1. The molecule has 7 heteroatoms. The van der Waals surface area contributed by atoms with E-state index in [-0.39, 0.29) is 5.75 Å². The number of fused-ring (bicyclic) bond motifs is 1. The Morgan fingerprint density at radius 3 is 2.73 bits per heavy atom. The summed E-state index contributed by atoms with van der Waals surface area (Å²) in [5.41, 5.74) is 0.767. The van der Waals surface area contributed by atoms with E-state index >= 15 is 0 Å². The van der Waals surface area contributed by atoms with Gasteiger partial charge in [0, 0.05) is 23.7 Å². The number of ether oxygens (including phenoxy) is 1. The number of hydrogen-bond donors (Lipinski definition) is 2. The Balaban J connectivity index is 1.53. The molecule has 0 spiro atoms. The fourth-order valence-corrected chi connectivity index (χ4v) is 2.98. The third-order valence-corrected chi connectivity index (χ3v) is 4.35. The van der Waals surface area contributed by atoms with Crippen LogP contribution in [0.2, 0.25) is 0 Å². The summed E-state index contributed by atoms with van der Waals surface area (Å²) in [5.74, 6) is -0.386. The first-order valence-electron chi connectivity index (χ1n) is 8.54. The predicted molar refractivity (Wildman–Crippen MR) is 95.5 cm³/mol. The molecule has 26 heavy (non-hydrogen) atoms. The molecule has 3 aromatic rings. The van der Waals surface area contributed by atoms with Crippen molar-refractivity contribution >= 4 is 16.9 Å². The molecule has 2 aromatic carbocycles. The number of piperidine rings is 1. The van der Waals surface area contributed by atoms with E-state index in [1.54, 1.807) is 24.4 Å². The van der Waals surface area contributed by atoms with Gasteiger partial charge in [-0.15, -0.1) is 0 Å². The first-order valence-corrected chi connectivity index (χ1v) is 8.54. The van der Waals surface area contributed by atoms with Crippen LogP contribution in [0.4, 0.5) is 14.7 Å². The van der Waals surface area contributed by atoms with E-state index in [2.05, 4.69) is 20.6 Å². The van der Waals surface area contributed by atoms with Crippen molar-refractivity contribution in [2.24, 2.45) is 0 Å². The quantitative estimate of drug-likeness (QED) is 0.743. The zero-order chi connectivity index (χ0) is 17.9. The minimum Gasteiger partial charge on any atom is -0.454 e. The van der Waals surface area contributed by atoms with Crippen molar-refractivity contribution in [3.8, 4) is 11.5 Å². The summed E-state index contributed by atoms with van der Waals surface area (Å²) < 4.78 is 32.2. The molecule has 0 amide bonds. The molecule has 1 fully saturated rings. The molecular formula is C19H18F2N4O. The molecule has 0 unspecified atom stereocenters. The number of nitrogens with zero attached hydrogens (tertiary/aromatic N) is 2. The maximum Gasteiger partial charge on any atom is 0.223 e. The standard InChI is InChI=1S/C19H18F2N4O/c20-13-1-4-18(16(21)10-13)26-15-2-3-17-12(9-15)11-23-19(25-17)24-14-5-7-22-8-6-14/h1-4,9-11,14,22H,5-8H2,(H,23,24,25). The molecule has 134 valence electrons. The number of halogens is 2. The third kappa shape index (κ3) is 3.72. The van der Waals surface area contributed by atoms with Gasteiger partial charge >= 0.3 is 0 Å². The average Bonchev–Trinajstić information content (AvgIpc) is 2.65. The van der Waals surface area contributed by atoms with Crippen LogP contribution in [0.3, 0.4) is 0 Å². The minimum atomic E-state index is -0.747. The van der Waals surface area contributed by atoms with Crippen LogP contribution in [-0.2, 0) is 0 Å². The minimum absolute atomic E-state index is 0.0316. The van der Waals surface area contributed by atoms with Gasteiger partial charge in [0.1, 0.15) is 11.6 Å². The number of nitrogens with one attached hydrogen (secondary N) is 2. The zero-order valence-corrected chi connectivity index (χ0v) is 14.0. The Kier molecular flexibility index (Phi) is 4.62. The van der Waals surface area contributed by atoms with Crippen LogP contribution in [-0.4, -0.2) is 29.1 Å². The number of benzene rings is 2. The predicted octanol–water partition coefficient (Wildman–Crippen LogP) is 3.86. The zero-order valence-electron chi connectivity index (χ0n) is 14.0. The molecular weight excluding hydrogens is 338 g/mol. The third-order valence-electron chi connectivity index (χ3n) is 4.35. The van der Waals surface area contributed by atoms with Gasteiger partial charge in [0.15, 0.2) is 11.6 Å². The molecule has 5 nitrogen and oxygen atoms in total. The van der Waals surface area contributed by atoms with E-state index in [9.17, 15) is 8.78 Å². The summed E-state index contributed by atoms with van der Waals surface area (Å²) in [7, 11) is 0. The highest BCUT2D eigenvalue weighted by molar-refractivity contribution is 5.80. The number of rotatable bonds is 4. The van der Waals surface area contributed by atoms with Crippen LogP contribution >= 0.6 is 0 Å². The van der Waals surface area contributed by atoms with E-state index in [4.69, 9.17) is 4.74 Å². The van der Waals surface area contributed by atoms with Crippen LogP contribution in [0.15, 0.2) is 42.6 Å². The topological polar surface area (TPSA) is 59.1 Å². The molecule has 0 aliphatic carbocycles. The first-order chi connectivity index (χ1) is 12.7. The number of hydrogen-bond acceptors (Lipinski definition) is 5. The second-order valence-corrected chi connectivity index (χ2v) is 6.26. The van der Waals surface area contributed by atoms with Crippen molar-refractivity contribution in [3.63, 3.8) is 0 Å². The van der Waals surface area contributed by atoms with Gasteiger partial charge in [-0.1, -0.05) is 0 Å². The molecule has 0 atom stereocenters. The summed E-state index contributed by atoms with van der Waals surface area (Å²) in [6.07, 6.45) is 3.79. The normalized spacial score (nSPS) is 15.2. The summed E-state index contributed by atoms with van der Waals surface area (Å²) in [6.45, 7) is 1.98. The van der Waals surface area contributed by atoms with E-state index in [1.807, 2.05) is 0 Å². The van der Waals surface area contributed by atoms with Crippen molar-refractivity contribution in [2.75, 3.05) is 18.4 Å². The first kappa shape index (κ1) is 16.7. The number of anilines is 1. The smallest absolute Gasteiger partial charge is 0.223 e. The highest BCUT2D eigenvalue weighted by Crippen LogP contribution is 2.27. The second-order valence-electron chi connectivity index (χ2n) is 6.26. The van der Waals surface area contributed by atoms with Gasteiger partial charge in [-0.05, 0) is 56.3 Å². The van der Waals surface area contributed by atoms with Gasteiger partial charge < -0.3 is 15.4 Å². The lowest BCUT2D eigenvalue weighted by Gasteiger charge is -2.23. The average molecular weight is 356 g/mol. The Morgan fingerprint density at radius 2 is 1.92 bits per heavy atom. The van der Waals surface area contributed by atoms with Crippen molar-refractivity contribution < 1.29 is 13.5 Å². The molecule has 1 aliphatic rings. The summed E-state index contributed by atoms with van der Waals surface area (Å²) in [4.78, 5) is 8.88. The van der Waals surface area contributed by atoms with Crippen molar-refractivity contribution in [2.45, 2.75) is 18.9 Å². The van der Waals surface area contributed by atoms with Crippen molar-refractivity contribution in [1.82, 2.24) is 15.3 Å². The lowest BCUT2D eigenvalue weighted by atomic mass is 10.1. The lowest BCUT2D eigenvalue weighted by Crippen LogP contribution is -2.35. The Labute approximate surface area is 149 Å². The highest BCUT2D eigenvalue weighted by Gasteiger charge is 2.14. The largest absolute Gasteiger partial charge is 0.454 e. The molecule has 4 rings (SSSR count). The summed E-state index contributed by atoms with van der Waals surface area (Å²) in [6, 6.07) is 8.80. The summed E-state index contributed by atoms with van der Waals surface area (Å²) >= 11 is 0. The maximum atomic E-state index is 13.7. The molecule has 2 N–H and O–H groups in total. The molecule has 1 aliphatic heterocycles. The van der Waals surface area contributed by atoms with E-state index in [0.29, 0.717) is 17.7 Å². The maximum absolute atomic E-state index is 13.7. The van der Waals surface area contributed by atoms with Crippen LogP contribution in [0.25, 0.3) is 10.9 Å². The van der Waals surface area contributed by atoms with Crippen molar-refractivity contribution in [3.05, 3.63) is 54.2 Å². The Morgan fingerprint density at radius 1 is 1.08 bits per heavy atom. The number of aromatic nitrogens is 2. The van der Waals surface area contributed by atoms with Gasteiger partial charge in [0.05, 0.1) is 5.52 Å². The monoisotopic (exact) mass is 356 g/mol. The second kappa shape index (κ2) is 7.21. The Bertz CT molecular complexity index is 929. The fraction of sp³-hybridized carbons (Fsp3) is 0.263. The van der Waals surface area contributed by atoms with Gasteiger partial charge in [-0.25, -0.2) is 18.7 Å². The Hall–Kier alpha value is -2.80. The molecule has 0 radical (unpaired) electrons. The SMILES string of the molecule is Fc1ccc(Oc2ccc3nc(NC4CCNCC4)ncc3c2)c(F)c1. The van der Waals surface area contributed by atoms with Crippen LogP contribution < -0.4 is 15.4 Å². The van der Waals surface area contributed by atoms with Crippen molar-refractivity contribution in [1.29, 1.82) is 0 Å². The molecule has 1 aromatic heterocycles. The van der Waals surface area contributed by atoms with E-state index < -0.39 is 11.6 Å². The van der Waals surface area contributed by atoms with E-state index in [1.165, 1.54) is 6.07 Å². The van der Waals surface area contributed by atoms with E-state index in [0.717, 1.165) is 49.0 Å². The van der Waals surface area contributed by atoms with Gasteiger partial charge in [-0.2, -0.15) is 0 Å². The lowest BCUT2D eigenvalue weighted by molar-refractivity contribution is 0.438. The molecule has 1 saturated heterocycles. The van der Waals surface area contributed by atoms with Gasteiger partial charge in [0.2, 0.25) is 5.95 Å². The van der Waals surface area contributed by atoms with Crippen LogP contribution in [0.1, 0.15) is 12.8 Å². The van der Waals surface area contributed by atoms with Crippen LogP contribution in [0, 0.1) is 11.6 Å². The fourth-order valence-electron chi connectivity index (χ4n) is 2.98. The van der Waals surface area contributed by atoms with Gasteiger partial charge in [0.25, 0.3) is 0 Å². The molecule has 0 bridgehead atoms. The van der Waals surface area contributed by atoms with Gasteiger partial charge in [-0.3, -0.25) is 0 Å². The molecule has 2 heterocycles. The summed E-state index contributed by atoms with van der Waals surface area (Å²) in [5, 5.41) is 7.46. The molecule has 0 saturated carbocycles. The van der Waals surface area contributed by atoms with Crippen LogP contribution in [0.5, 0.6) is 11.5 Å².